The highest BCUT2D eigenvalue weighted by atomic mass is 35.5. The Morgan fingerprint density at radius 2 is 2.25 bits per heavy atom. The molecule has 0 unspecified atom stereocenters. The van der Waals surface area contributed by atoms with Gasteiger partial charge in [0.05, 0.1) is 18.7 Å². The quantitative estimate of drug-likeness (QED) is 0.938. The number of halogens is 1. The maximum Gasteiger partial charge on any atom is 0.255 e. The molecule has 0 aliphatic carbocycles. The van der Waals surface area contributed by atoms with Gasteiger partial charge in [-0.2, -0.15) is 4.98 Å². The summed E-state index contributed by atoms with van der Waals surface area (Å²) in [5.74, 6) is 0.987. The van der Waals surface area contributed by atoms with Gasteiger partial charge < -0.3 is 14.6 Å². The molecular formula is C13H14ClN3O3. The number of hydrogen-bond donors (Lipinski definition) is 1. The van der Waals surface area contributed by atoms with Crippen molar-refractivity contribution in [2.75, 3.05) is 7.11 Å². The van der Waals surface area contributed by atoms with Crippen LogP contribution in [0.5, 0.6) is 5.75 Å². The minimum atomic E-state index is -0.386. The molecule has 1 atom stereocenters. The van der Waals surface area contributed by atoms with Gasteiger partial charge in [0.1, 0.15) is 5.75 Å². The van der Waals surface area contributed by atoms with E-state index in [1.54, 1.807) is 32.0 Å². The maximum atomic E-state index is 12.2. The zero-order chi connectivity index (χ0) is 14.7. The van der Waals surface area contributed by atoms with Crippen molar-refractivity contribution in [3.05, 3.63) is 40.5 Å². The summed E-state index contributed by atoms with van der Waals surface area (Å²) in [7, 11) is 1.49. The first-order valence-electron chi connectivity index (χ1n) is 5.96. The Morgan fingerprint density at radius 1 is 1.50 bits per heavy atom. The standard InChI is InChI=1S/C13H14ClN3O3/c1-7(12-16-8(2)20-17-12)15-13(18)10-6-9(14)4-5-11(10)19-3/h4-7H,1-3H3,(H,15,18)/t7-/m1/s1. The van der Waals surface area contributed by atoms with E-state index >= 15 is 0 Å². The Hall–Kier alpha value is -2.08. The molecule has 0 saturated carbocycles. The van der Waals surface area contributed by atoms with Crippen LogP contribution in [0.1, 0.15) is 35.0 Å². The number of carbonyl (C=O) groups excluding carboxylic acids is 1. The molecule has 1 heterocycles. The lowest BCUT2D eigenvalue weighted by Crippen LogP contribution is -2.27. The fourth-order valence-corrected chi connectivity index (χ4v) is 1.86. The molecule has 0 aliphatic rings. The van der Waals surface area contributed by atoms with Gasteiger partial charge in [0, 0.05) is 11.9 Å². The van der Waals surface area contributed by atoms with Crippen LogP contribution in [-0.2, 0) is 0 Å². The number of aryl methyl sites for hydroxylation is 1. The van der Waals surface area contributed by atoms with Crippen molar-refractivity contribution >= 4 is 17.5 Å². The van der Waals surface area contributed by atoms with Crippen LogP contribution in [0.4, 0.5) is 0 Å². The van der Waals surface area contributed by atoms with E-state index in [0.29, 0.717) is 28.1 Å². The first kappa shape index (κ1) is 14.3. The van der Waals surface area contributed by atoms with Gasteiger partial charge in [-0.1, -0.05) is 16.8 Å². The van der Waals surface area contributed by atoms with Crippen LogP contribution in [0.15, 0.2) is 22.7 Å². The van der Waals surface area contributed by atoms with Crippen LogP contribution in [0.3, 0.4) is 0 Å². The Morgan fingerprint density at radius 3 is 2.85 bits per heavy atom. The largest absolute Gasteiger partial charge is 0.496 e. The molecule has 7 heteroatoms. The molecule has 20 heavy (non-hydrogen) atoms. The highest BCUT2D eigenvalue weighted by molar-refractivity contribution is 6.31. The Balaban J connectivity index is 2.18. The average Bonchev–Trinajstić information content (AvgIpc) is 2.85. The molecule has 0 radical (unpaired) electrons. The number of nitrogens with zero attached hydrogens (tertiary/aromatic N) is 2. The van der Waals surface area contributed by atoms with E-state index in [0.717, 1.165) is 0 Å². The van der Waals surface area contributed by atoms with Gasteiger partial charge in [-0.25, -0.2) is 0 Å². The van der Waals surface area contributed by atoms with E-state index in [9.17, 15) is 4.79 Å². The van der Waals surface area contributed by atoms with Gasteiger partial charge in [0.2, 0.25) is 5.89 Å². The van der Waals surface area contributed by atoms with Crippen molar-refractivity contribution in [3.63, 3.8) is 0 Å². The summed E-state index contributed by atoms with van der Waals surface area (Å²) in [5, 5.41) is 6.99. The Labute approximate surface area is 121 Å². The van der Waals surface area contributed by atoms with Crippen molar-refractivity contribution in [1.29, 1.82) is 0 Å². The lowest BCUT2D eigenvalue weighted by molar-refractivity contribution is 0.0935. The summed E-state index contributed by atoms with van der Waals surface area (Å²) in [6.07, 6.45) is 0. The summed E-state index contributed by atoms with van der Waals surface area (Å²) < 4.78 is 10.0. The number of amides is 1. The van der Waals surface area contributed by atoms with Crippen molar-refractivity contribution in [3.8, 4) is 5.75 Å². The second kappa shape index (κ2) is 5.92. The van der Waals surface area contributed by atoms with Gasteiger partial charge in [0.15, 0.2) is 5.82 Å². The van der Waals surface area contributed by atoms with Crippen molar-refractivity contribution in [2.24, 2.45) is 0 Å². The van der Waals surface area contributed by atoms with Gasteiger partial charge >= 0.3 is 0 Å². The minimum absolute atomic E-state index is 0.320. The molecule has 1 N–H and O–H groups in total. The predicted molar refractivity (Wildman–Crippen MR) is 72.9 cm³/mol. The summed E-state index contributed by atoms with van der Waals surface area (Å²) in [6.45, 7) is 3.45. The third-order valence-corrected chi connectivity index (χ3v) is 2.92. The third kappa shape index (κ3) is 3.08. The lowest BCUT2D eigenvalue weighted by Gasteiger charge is -2.12. The van der Waals surface area contributed by atoms with Gasteiger partial charge in [-0.15, -0.1) is 0 Å². The second-order valence-corrected chi connectivity index (χ2v) is 4.65. The smallest absolute Gasteiger partial charge is 0.255 e. The van der Waals surface area contributed by atoms with Crippen LogP contribution in [0, 0.1) is 6.92 Å². The number of ether oxygens (including phenoxy) is 1. The summed E-state index contributed by atoms with van der Waals surface area (Å²) >= 11 is 5.90. The first-order chi connectivity index (χ1) is 9.51. The van der Waals surface area contributed by atoms with E-state index in [1.807, 2.05) is 0 Å². The SMILES string of the molecule is COc1ccc(Cl)cc1C(=O)N[C@H](C)c1noc(C)n1. The normalized spacial score (nSPS) is 12.0. The molecule has 1 aromatic carbocycles. The third-order valence-electron chi connectivity index (χ3n) is 2.68. The molecule has 106 valence electrons. The molecule has 1 aromatic heterocycles. The van der Waals surface area contributed by atoms with Crippen molar-refractivity contribution in [2.45, 2.75) is 19.9 Å². The second-order valence-electron chi connectivity index (χ2n) is 4.21. The van der Waals surface area contributed by atoms with Gasteiger partial charge in [0.25, 0.3) is 5.91 Å². The van der Waals surface area contributed by atoms with E-state index in [-0.39, 0.29) is 11.9 Å². The molecule has 2 aromatic rings. The Kier molecular flexibility index (Phi) is 4.24. The number of hydrogen-bond acceptors (Lipinski definition) is 5. The molecule has 0 aliphatic heterocycles. The zero-order valence-electron chi connectivity index (χ0n) is 11.3. The molecule has 2 rings (SSSR count). The van der Waals surface area contributed by atoms with E-state index in [1.165, 1.54) is 7.11 Å². The number of aromatic nitrogens is 2. The Bertz CT molecular complexity index is 627. The molecule has 0 spiro atoms. The summed E-state index contributed by atoms with van der Waals surface area (Å²) in [4.78, 5) is 16.3. The van der Waals surface area contributed by atoms with Crippen LogP contribution >= 0.6 is 11.6 Å². The van der Waals surface area contributed by atoms with Crippen LogP contribution in [-0.4, -0.2) is 23.2 Å². The molecule has 0 bridgehead atoms. The van der Waals surface area contributed by atoms with Crippen LogP contribution in [0.25, 0.3) is 0 Å². The zero-order valence-corrected chi connectivity index (χ0v) is 12.1. The van der Waals surface area contributed by atoms with Gasteiger partial charge in [-0.05, 0) is 25.1 Å². The van der Waals surface area contributed by atoms with E-state index in [2.05, 4.69) is 15.5 Å². The maximum absolute atomic E-state index is 12.2. The number of nitrogens with one attached hydrogen (secondary N) is 1. The summed E-state index contributed by atoms with van der Waals surface area (Å²) in [6, 6.07) is 4.46. The van der Waals surface area contributed by atoms with Crippen molar-refractivity contribution in [1.82, 2.24) is 15.5 Å². The average molecular weight is 296 g/mol. The number of carbonyl (C=O) groups is 1. The molecule has 1 amide bonds. The molecule has 0 fully saturated rings. The van der Waals surface area contributed by atoms with Gasteiger partial charge in [-0.3, -0.25) is 4.79 Å². The minimum Gasteiger partial charge on any atom is -0.496 e. The lowest BCUT2D eigenvalue weighted by atomic mass is 10.1. The van der Waals surface area contributed by atoms with Crippen molar-refractivity contribution < 1.29 is 14.1 Å². The van der Waals surface area contributed by atoms with Crippen LogP contribution < -0.4 is 10.1 Å². The number of rotatable bonds is 4. The predicted octanol–water partition coefficient (Wildman–Crippen LogP) is 2.53. The molecule has 0 saturated heterocycles. The molecular weight excluding hydrogens is 282 g/mol. The monoisotopic (exact) mass is 295 g/mol. The fourth-order valence-electron chi connectivity index (χ4n) is 1.69. The van der Waals surface area contributed by atoms with Crippen LogP contribution in [0.2, 0.25) is 5.02 Å². The highest BCUT2D eigenvalue weighted by Crippen LogP contribution is 2.23. The number of benzene rings is 1. The highest BCUT2D eigenvalue weighted by Gasteiger charge is 2.18. The topological polar surface area (TPSA) is 77.2 Å². The summed E-state index contributed by atoms with van der Waals surface area (Å²) in [5.41, 5.74) is 0.354. The number of methoxy groups -OCH3 is 1. The van der Waals surface area contributed by atoms with E-state index < -0.39 is 0 Å². The van der Waals surface area contributed by atoms with E-state index in [4.69, 9.17) is 20.9 Å². The first-order valence-corrected chi connectivity index (χ1v) is 6.33. The molecule has 6 nitrogen and oxygen atoms in total. The fraction of sp³-hybridized carbons (Fsp3) is 0.308.